The number of ether oxygens (including phenoxy) is 1. The summed E-state index contributed by atoms with van der Waals surface area (Å²) >= 11 is 0. The molecule has 1 aromatic rings. The number of benzene rings is 1. The second-order valence-electron chi connectivity index (χ2n) is 6.02. The van der Waals surface area contributed by atoms with E-state index < -0.39 is 10.0 Å². The van der Waals surface area contributed by atoms with Gasteiger partial charge >= 0.3 is 0 Å². The van der Waals surface area contributed by atoms with Crippen LogP contribution in [0.2, 0.25) is 0 Å². The fourth-order valence-corrected chi connectivity index (χ4v) is 4.70. The van der Waals surface area contributed by atoms with Crippen molar-refractivity contribution >= 4 is 15.9 Å². The van der Waals surface area contributed by atoms with Crippen LogP contribution in [0, 0.1) is 0 Å². The smallest absolute Gasteiger partial charge is 0.243 e. The molecule has 2 rings (SSSR count). The van der Waals surface area contributed by atoms with E-state index in [1.54, 1.807) is 24.3 Å². The van der Waals surface area contributed by atoms with Gasteiger partial charge < -0.3 is 15.8 Å². The molecule has 0 radical (unpaired) electrons. The van der Waals surface area contributed by atoms with Gasteiger partial charge in [-0.2, -0.15) is 4.31 Å². The maximum Gasteiger partial charge on any atom is 0.243 e. The van der Waals surface area contributed by atoms with Gasteiger partial charge in [-0.25, -0.2) is 8.42 Å². The van der Waals surface area contributed by atoms with E-state index in [9.17, 15) is 13.2 Å². The highest BCUT2D eigenvalue weighted by Crippen LogP contribution is 2.27. The summed E-state index contributed by atoms with van der Waals surface area (Å²) in [5, 5.41) is 2.79. The van der Waals surface area contributed by atoms with Crippen LogP contribution in [0.15, 0.2) is 29.2 Å². The Bertz CT molecular complexity index is 678. The second-order valence-corrected chi connectivity index (χ2v) is 7.91. The summed E-state index contributed by atoms with van der Waals surface area (Å²) in [5.74, 6) is 0.386. The molecule has 1 atom stereocenters. The Kier molecular flexibility index (Phi) is 7.22. The topological polar surface area (TPSA) is 102 Å². The molecule has 7 nitrogen and oxygen atoms in total. The summed E-state index contributed by atoms with van der Waals surface area (Å²) < 4.78 is 33.0. The predicted molar refractivity (Wildman–Crippen MR) is 95.8 cm³/mol. The van der Waals surface area contributed by atoms with E-state index in [1.165, 1.54) is 4.31 Å². The average Bonchev–Trinajstić information content (AvgIpc) is 2.61. The van der Waals surface area contributed by atoms with Crippen molar-refractivity contribution in [2.24, 2.45) is 5.73 Å². The summed E-state index contributed by atoms with van der Waals surface area (Å²) in [6.45, 7) is 3.37. The Labute approximate surface area is 149 Å². The lowest BCUT2D eigenvalue weighted by Crippen LogP contribution is -2.49. The van der Waals surface area contributed by atoms with Crippen molar-refractivity contribution in [3.63, 3.8) is 0 Å². The van der Waals surface area contributed by atoms with Gasteiger partial charge in [-0.15, -0.1) is 0 Å². The first kappa shape index (κ1) is 19.7. The first-order valence-electron chi connectivity index (χ1n) is 8.70. The molecule has 1 aliphatic heterocycles. The Balaban J connectivity index is 2.16. The summed E-state index contributed by atoms with van der Waals surface area (Å²) in [5.41, 5.74) is 5.37. The lowest BCUT2D eigenvalue weighted by Gasteiger charge is -2.34. The molecule has 1 aliphatic rings. The summed E-state index contributed by atoms with van der Waals surface area (Å²) in [6.07, 6.45) is 2.74. The van der Waals surface area contributed by atoms with Crippen LogP contribution in [0.4, 0.5) is 0 Å². The Morgan fingerprint density at radius 2 is 2.20 bits per heavy atom. The number of amides is 1. The summed E-state index contributed by atoms with van der Waals surface area (Å²) in [7, 11) is -3.63. The monoisotopic (exact) mass is 369 g/mol. The van der Waals surface area contributed by atoms with Gasteiger partial charge in [0, 0.05) is 38.2 Å². The van der Waals surface area contributed by atoms with E-state index in [-0.39, 0.29) is 29.8 Å². The van der Waals surface area contributed by atoms with E-state index in [4.69, 9.17) is 10.5 Å². The molecule has 0 aliphatic carbocycles. The van der Waals surface area contributed by atoms with Gasteiger partial charge in [0.25, 0.3) is 0 Å². The van der Waals surface area contributed by atoms with Crippen molar-refractivity contribution < 1.29 is 17.9 Å². The van der Waals surface area contributed by atoms with Crippen LogP contribution in [0.5, 0.6) is 5.75 Å². The van der Waals surface area contributed by atoms with E-state index >= 15 is 0 Å². The average molecular weight is 369 g/mol. The lowest BCUT2D eigenvalue weighted by molar-refractivity contribution is -0.121. The number of nitrogens with one attached hydrogen (secondary N) is 1. The van der Waals surface area contributed by atoms with Crippen molar-refractivity contribution in [3.05, 3.63) is 24.3 Å². The van der Waals surface area contributed by atoms with Crippen LogP contribution in [0.3, 0.4) is 0 Å². The fraction of sp³-hybridized carbons (Fsp3) is 0.588. The Morgan fingerprint density at radius 3 is 2.92 bits per heavy atom. The zero-order valence-corrected chi connectivity index (χ0v) is 15.4. The molecule has 0 bridgehead atoms. The van der Waals surface area contributed by atoms with Gasteiger partial charge in [0.05, 0.1) is 11.5 Å². The highest BCUT2D eigenvalue weighted by molar-refractivity contribution is 7.89. The number of sulfonamides is 1. The van der Waals surface area contributed by atoms with Crippen LogP contribution in [0.1, 0.15) is 32.6 Å². The van der Waals surface area contributed by atoms with Crippen molar-refractivity contribution in [2.45, 2.75) is 43.5 Å². The van der Waals surface area contributed by atoms with Crippen LogP contribution < -0.4 is 15.8 Å². The van der Waals surface area contributed by atoms with Crippen LogP contribution in [-0.4, -0.2) is 50.9 Å². The maximum absolute atomic E-state index is 13.1. The minimum Gasteiger partial charge on any atom is -0.494 e. The molecule has 1 saturated heterocycles. The standard InChI is InChI=1S/C17H27N3O4S/c1-2-24-15-7-5-8-16(12-15)25(22,23)20-11-4-3-6-14(20)13-19-17(21)9-10-18/h5,7-8,12,14H,2-4,6,9-11,13,18H2,1H3,(H,19,21). The van der Waals surface area contributed by atoms with E-state index in [2.05, 4.69) is 5.32 Å². The van der Waals surface area contributed by atoms with Gasteiger partial charge in [0.2, 0.25) is 15.9 Å². The molecular weight excluding hydrogens is 342 g/mol. The third-order valence-corrected chi connectivity index (χ3v) is 6.15. The zero-order valence-electron chi connectivity index (χ0n) is 14.6. The van der Waals surface area contributed by atoms with Crippen molar-refractivity contribution in [2.75, 3.05) is 26.2 Å². The molecule has 1 heterocycles. The quantitative estimate of drug-likeness (QED) is 0.714. The third kappa shape index (κ3) is 5.17. The fourth-order valence-electron chi connectivity index (χ4n) is 2.97. The molecule has 25 heavy (non-hydrogen) atoms. The Hall–Kier alpha value is -1.64. The van der Waals surface area contributed by atoms with Gasteiger partial charge in [0.1, 0.15) is 5.75 Å². The van der Waals surface area contributed by atoms with Gasteiger partial charge in [-0.3, -0.25) is 4.79 Å². The SMILES string of the molecule is CCOc1cccc(S(=O)(=O)N2CCCCC2CNC(=O)CCN)c1. The molecule has 1 fully saturated rings. The highest BCUT2D eigenvalue weighted by atomic mass is 32.2. The van der Waals surface area contributed by atoms with E-state index in [0.29, 0.717) is 25.4 Å². The Morgan fingerprint density at radius 1 is 1.40 bits per heavy atom. The molecule has 0 aromatic heterocycles. The third-order valence-electron chi connectivity index (χ3n) is 4.20. The van der Waals surface area contributed by atoms with Gasteiger partial charge in [0.15, 0.2) is 0 Å². The molecule has 1 aromatic carbocycles. The number of piperidine rings is 1. The number of nitrogens with two attached hydrogens (primary N) is 1. The molecule has 1 unspecified atom stereocenters. The molecule has 0 saturated carbocycles. The molecular formula is C17H27N3O4S. The summed E-state index contributed by atoms with van der Waals surface area (Å²) in [4.78, 5) is 11.9. The minimum atomic E-state index is -3.63. The lowest BCUT2D eigenvalue weighted by atomic mass is 10.1. The molecule has 8 heteroatoms. The molecule has 0 spiro atoms. The number of hydrogen-bond acceptors (Lipinski definition) is 5. The van der Waals surface area contributed by atoms with Gasteiger partial charge in [-0.05, 0) is 31.9 Å². The van der Waals surface area contributed by atoms with E-state index in [1.807, 2.05) is 6.92 Å². The highest BCUT2D eigenvalue weighted by Gasteiger charge is 2.33. The first-order valence-corrected chi connectivity index (χ1v) is 10.1. The molecule has 1 amide bonds. The minimum absolute atomic E-state index is 0.149. The van der Waals surface area contributed by atoms with Crippen LogP contribution >= 0.6 is 0 Å². The van der Waals surface area contributed by atoms with Crippen molar-refractivity contribution in [1.29, 1.82) is 0 Å². The first-order chi connectivity index (χ1) is 12.0. The normalized spacial score (nSPS) is 18.7. The zero-order chi connectivity index (χ0) is 18.3. The number of rotatable bonds is 8. The van der Waals surface area contributed by atoms with Crippen molar-refractivity contribution in [3.8, 4) is 5.75 Å². The number of carbonyl (C=O) groups excluding carboxylic acids is 1. The largest absolute Gasteiger partial charge is 0.494 e. The summed E-state index contributed by atoms with van der Waals surface area (Å²) in [6, 6.07) is 6.31. The predicted octanol–water partition coefficient (Wildman–Crippen LogP) is 1.09. The number of carbonyl (C=O) groups is 1. The molecule has 3 N–H and O–H groups in total. The maximum atomic E-state index is 13.1. The molecule has 140 valence electrons. The van der Waals surface area contributed by atoms with Gasteiger partial charge in [-0.1, -0.05) is 12.5 Å². The number of nitrogens with zero attached hydrogens (tertiary/aromatic N) is 1. The van der Waals surface area contributed by atoms with Crippen molar-refractivity contribution in [1.82, 2.24) is 9.62 Å². The van der Waals surface area contributed by atoms with E-state index in [0.717, 1.165) is 19.3 Å². The van der Waals surface area contributed by atoms with Crippen LogP contribution in [-0.2, 0) is 14.8 Å². The number of hydrogen-bond donors (Lipinski definition) is 2. The van der Waals surface area contributed by atoms with Crippen LogP contribution in [0.25, 0.3) is 0 Å². The second kappa shape index (κ2) is 9.17.